The molecule has 0 aliphatic heterocycles. The molecule has 8 heteroatoms. The molecule has 2 aromatic carbocycles. The molecule has 0 amide bonds. The summed E-state index contributed by atoms with van der Waals surface area (Å²) in [7, 11) is 4.59. The van der Waals surface area contributed by atoms with E-state index in [9.17, 15) is 4.79 Å². The molecule has 4 rings (SSSR count). The van der Waals surface area contributed by atoms with Gasteiger partial charge in [0, 0.05) is 17.1 Å². The van der Waals surface area contributed by atoms with Gasteiger partial charge >= 0.3 is 5.97 Å². The fourth-order valence-electron chi connectivity index (χ4n) is 4.28. The van der Waals surface area contributed by atoms with Crippen molar-refractivity contribution in [1.82, 2.24) is 4.40 Å². The number of halogens is 1. The molecular weight excluding hydrogens is 526 g/mol. The molecule has 0 N–H and O–H groups in total. The Kier molecular flexibility index (Phi) is 7.36. The summed E-state index contributed by atoms with van der Waals surface area (Å²) in [5.74, 6) is 2.04. The van der Waals surface area contributed by atoms with Crippen LogP contribution in [0.15, 0.2) is 47.1 Å². The molecule has 2 heterocycles. The highest BCUT2D eigenvalue weighted by Gasteiger charge is 2.26. The maximum Gasteiger partial charge on any atom is 0.356 e. The minimum absolute atomic E-state index is 0.0114. The fourth-order valence-corrected chi connectivity index (χ4v) is 5.05. The Hall–Kier alpha value is -3.39. The van der Waals surface area contributed by atoms with Crippen LogP contribution in [-0.2, 0) is 4.74 Å². The second kappa shape index (κ2) is 10.3. The highest BCUT2D eigenvalue weighted by Crippen LogP contribution is 2.45. The van der Waals surface area contributed by atoms with Gasteiger partial charge in [0.2, 0.25) is 0 Å². The number of hydrogen-bond acceptors (Lipinski definition) is 6. The number of ether oxygens (including phenoxy) is 5. The minimum Gasteiger partial charge on any atom is -0.493 e. The van der Waals surface area contributed by atoms with E-state index in [4.69, 9.17) is 23.7 Å². The van der Waals surface area contributed by atoms with Gasteiger partial charge in [-0.1, -0.05) is 6.07 Å². The first kappa shape index (κ1) is 25.7. The molecule has 0 aliphatic rings. The third kappa shape index (κ3) is 4.57. The van der Waals surface area contributed by atoms with Crippen molar-refractivity contribution in [2.24, 2.45) is 0 Å². The fraction of sp³-hybridized carbons (Fsp3) is 0.321. The van der Waals surface area contributed by atoms with Crippen molar-refractivity contribution in [2.75, 3.05) is 21.3 Å². The van der Waals surface area contributed by atoms with E-state index in [0.717, 1.165) is 27.4 Å². The number of carbonyl (C=O) groups excluding carboxylic acids is 1. The quantitative estimate of drug-likeness (QED) is 0.220. The lowest BCUT2D eigenvalue weighted by Gasteiger charge is -2.16. The van der Waals surface area contributed by atoms with Gasteiger partial charge in [-0.05, 0) is 84.9 Å². The van der Waals surface area contributed by atoms with E-state index < -0.39 is 5.97 Å². The van der Waals surface area contributed by atoms with Crippen molar-refractivity contribution in [3.63, 3.8) is 0 Å². The van der Waals surface area contributed by atoms with Crippen LogP contribution in [0.4, 0.5) is 0 Å². The largest absolute Gasteiger partial charge is 0.493 e. The molecule has 0 unspecified atom stereocenters. The molecular formula is C28H30BrNO6. The number of hydrogen-bond donors (Lipinski definition) is 0. The lowest BCUT2D eigenvalue weighted by Crippen LogP contribution is -2.07. The zero-order chi connectivity index (χ0) is 26.1. The van der Waals surface area contributed by atoms with Crippen molar-refractivity contribution >= 4 is 38.2 Å². The summed E-state index contributed by atoms with van der Waals surface area (Å²) in [6.45, 7) is 7.86. The molecule has 36 heavy (non-hydrogen) atoms. The summed E-state index contributed by atoms with van der Waals surface area (Å²) in [6.07, 6.45) is 1.81. The van der Waals surface area contributed by atoms with Crippen LogP contribution < -0.4 is 18.9 Å². The van der Waals surface area contributed by atoms with E-state index in [1.807, 2.05) is 74.7 Å². The molecule has 0 atom stereocenters. The second-order valence-corrected chi connectivity index (χ2v) is 9.65. The summed E-state index contributed by atoms with van der Waals surface area (Å²) >= 11 is 3.70. The average molecular weight is 556 g/mol. The Bertz CT molecular complexity index is 1440. The highest BCUT2D eigenvalue weighted by atomic mass is 79.9. The number of benzene rings is 2. The van der Waals surface area contributed by atoms with Gasteiger partial charge in [-0.15, -0.1) is 0 Å². The van der Waals surface area contributed by atoms with Gasteiger partial charge in [0.1, 0.15) is 5.69 Å². The standard InChI is InChI=1S/C28H30BrNO6/c1-15(2)35-22-13-18(8-9-20(22)32-5)24-25(29)27(28(31)34-7)30-11-10-17-12-23(36-16(3)4)21(33-6)14-19(17)26(24)30/h8-16H,1-7H3. The molecule has 0 spiro atoms. The molecule has 0 aliphatic carbocycles. The number of esters is 1. The Labute approximate surface area is 219 Å². The number of methoxy groups -OCH3 is 3. The Morgan fingerprint density at radius 1 is 0.833 bits per heavy atom. The molecule has 2 aromatic heterocycles. The molecule has 7 nitrogen and oxygen atoms in total. The van der Waals surface area contributed by atoms with Crippen molar-refractivity contribution in [2.45, 2.75) is 39.9 Å². The zero-order valence-electron chi connectivity index (χ0n) is 21.5. The SMILES string of the molecule is COC(=O)c1c(Br)c(-c2ccc(OC)c(OC(C)C)c2)c2c3cc(OC)c(OC(C)C)cc3ccn12. The van der Waals surface area contributed by atoms with E-state index in [-0.39, 0.29) is 12.2 Å². The Morgan fingerprint density at radius 2 is 1.47 bits per heavy atom. The van der Waals surface area contributed by atoms with Crippen LogP contribution in [-0.4, -0.2) is 43.9 Å². The zero-order valence-corrected chi connectivity index (χ0v) is 23.1. The van der Waals surface area contributed by atoms with E-state index >= 15 is 0 Å². The molecule has 0 radical (unpaired) electrons. The normalized spacial score (nSPS) is 11.4. The predicted molar refractivity (Wildman–Crippen MR) is 144 cm³/mol. The van der Waals surface area contributed by atoms with Crippen molar-refractivity contribution < 1.29 is 28.5 Å². The van der Waals surface area contributed by atoms with Crippen LogP contribution in [0, 0.1) is 0 Å². The molecule has 0 saturated heterocycles. The lowest BCUT2D eigenvalue weighted by molar-refractivity contribution is 0.0592. The third-order valence-electron chi connectivity index (χ3n) is 5.70. The molecule has 0 fully saturated rings. The Balaban J connectivity index is 2.10. The van der Waals surface area contributed by atoms with Crippen LogP contribution in [0.5, 0.6) is 23.0 Å². The molecule has 0 saturated carbocycles. The van der Waals surface area contributed by atoms with Gasteiger partial charge in [0.25, 0.3) is 0 Å². The van der Waals surface area contributed by atoms with Gasteiger partial charge in [0.05, 0.1) is 43.5 Å². The van der Waals surface area contributed by atoms with Gasteiger partial charge < -0.3 is 28.1 Å². The van der Waals surface area contributed by atoms with Crippen LogP contribution in [0.1, 0.15) is 38.2 Å². The average Bonchev–Trinajstić information content (AvgIpc) is 3.14. The van der Waals surface area contributed by atoms with Crippen molar-refractivity contribution in [3.8, 4) is 34.1 Å². The Morgan fingerprint density at radius 3 is 2.06 bits per heavy atom. The van der Waals surface area contributed by atoms with Gasteiger partial charge in [-0.2, -0.15) is 0 Å². The van der Waals surface area contributed by atoms with Crippen molar-refractivity contribution in [3.05, 3.63) is 52.8 Å². The summed E-state index contributed by atoms with van der Waals surface area (Å²) in [5.41, 5.74) is 2.86. The van der Waals surface area contributed by atoms with E-state index in [0.29, 0.717) is 33.2 Å². The topological polar surface area (TPSA) is 67.6 Å². The molecule has 4 aromatic rings. The lowest BCUT2D eigenvalue weighted by atomic mass is 10.0. The maximum absolute atomic E-state index is 12.9. The number of aromatic nitrogens is 1. The van der Waals surface area contributed by atoms with Gasteiger partial charge in [0.15, 0.2) is 23.0 Å². The van der Waals surface area contributed by atoms with Gasteiger partial charge in [-0.3, -0.25) is 0 Å². The monoisotopic (exact) mass is 555 g/mol. The third-order valence-corrected chi connectivity index (χ3v) is 6.47. The highest BCUT2D eigenvalue weighted by molar-refractivity contribution is 9.10. The summed E-state index contributed by atoms with van der Waals surface area (Å²) < 4.78 is 30.8. The molecule has 0 bridgehead atoms. The van der Waals surface area contributed by atoms with E-state index in [2.05, 4.69) is 15.9 Å². The number of rotatable bonds is 8. The minimum atomic E-state index is -0.457. The smallest absolute Gasteiger partial charge is 0.356 e. The summed E-state index contributed by atoms with van der Waals surface area (Å²) in [4.78, 5) is 12.9. The van der Waals surface area contributed by atoms with Crippen LogP contribution in [0.25, 0.3) is 27.4 Å². The predicted octanol–water partition coefficient (Wildman–Crippen LogP) is 6.90. The van der Waals surface area contributed by atoms with Crippen LogP contribution in [0.2, 0.25) is 0 Å². The first-order valence-corrected chi connectivity index (χ1v) is 12.4. The van der Waals surface area contributed by atoms with E-state index in [1.165, 1.54) is 7.11 Å². The summed E-state index contributed by atoms with van der Waals surface area (Å²) in [6, 6.07) is 11.6. The summed E-state index contributed by atoms with van der Waals surface area (Å²) in [5, 5.41) is 1.83. The number of fused-ring (bicyclic) bond motifs is 3. The first-order chi connectivity index (χ1) is 17.2. The number of carbonyl (C=O) groups is 1. The van der Waals surface area contributed by atoms with E-state index in [1.54, 1.807) is 14.2 Å². The maximum atomic E-state index is 12.9. The first-order valence-electron chi connectivity index (χ1n) is 11.6. The second-order valence-electron chi connectivity index (χ2n) is 8.85. The number of pyridine rings is 1. The van der Waals surface area contributed by atoms with Crippen LogP contribution in [0.3, 0.4) is 0 Å². The van der Waals surface area contributed by atoms with Crippen molar-refractivity contribution in [1.29, 1.82) is 0 Å². The number of nitrogens with zero attached hydrogens (tertiary/aromatic N) is 1. The van der Waals surface area contributed by atoms with Crippen LogP contribution >= 0.6 is 15.9 Å². The molecule has 190 valence electrons. The van der Waals surface area contributed by atoms with Gasteiger partial charge in [-0.25, -0.2) is 4.79 Å².